The number of hydrogen-bond donors (Lipinski definition) is 1. The van der Waals surface area contributed by atoms with E-state index in [2.05, 4.69) is 25.7 Å². The normalized spacial score (nSPS) is 12.7. The van der Waals surface area contributed by atoms with Crippen molar-refractivity contribution in [1.82, 2.24) is 0 Å². The third-order valence-corrected chi connectivity index (χ3v) is 14.5. The first-order valence-electron chi connectivity index (χ1n) is 7.95. The van der Waals surface area contributed by atoms with Gasteiger partial charge >= 0.3 is 122 Å². The van der Waals surface area contributed by atoms with Crippen LogP contribution < -0.4 is 0 Å². The van der Waals surface area contributed by atoms with Crippen molar-refractivity contribution in [3.8, 4) is 0 Å². The fraction of sp³-hybridized carbons (Fsp3) is 0.812. The van der Waals surface area contributed by atoms with E-state index in [-0.39, 0.29) is 6.61 Å². The van der Waals surface area contributed by atoms with Gasteiger partial charge in [-0.3, -0.25) is 0 Å². The van der Waals surface area contributed by atoms with Gasteiger partial charge in [0.25, 0.3) is 0 Å². The molecule has 0 atom stereocenters. The number of unbranched alkanes of at least 4 members (excludes halogenated alkanes) is 3. The summed E-state index contributed by atoms with van der Waals surface area (Å²) in [5.41, 5.74) is 0.642. The van der Waals surface area contributed by atoms with E-state index in [0.717, 1.165) is 6.29 Å². The van der Waals surface area contributed by atoms with Crippen LogP contribution in [0.2, 0.25) is 15.8 Å². The van der Waals surface area contributed by atoms with Crippen LogP contribution in [0.5, 0.6) is 0 Å². The third kappa shape index (κ3) is 7.93. The molecule has 0 bridgehead atoms. The van der Waals surface area contributed by atoms with Crippen LogP contribution in [0.4, 0.5) is 0 Å². The third-order valence-electron chi connectivity index (χ3n) is 3.91. The van der Waals surface area contributed by atoms with Crippen molar-refractivity contribution in [2.24, 2.45) is 0 Å². The number of aliphatic hydroxyl groups is 1. The summed E-state index contributed by atoms with van der Waals surface area (Å²) in [6.45, 7) is 6.63. The van der Waals surface area contributed by atoms with Crippen molar-refractivity contribution >= 4 is 19.6 Å². The van der Waals surface area contributed by atoms with Crippen LogP contribution >= 0.6 is 0 Å². The Bertz CT molecular complexity index is 240. The van der Waals surface area contributed by atoms with Crippen molar-refractivity contribution < 1.29 is 9.90 Å². The number of hydrogen-bond acceptors (Lipinski definition) is 2. The summed E-state index contributed by atoms with van der Waals surface area (Å²) in [4.78, 5) is 13.3. The monoisotopic (exact) mass is 330 g/mol. The Balaban J connectivity index is 5.06. The predicted molar refractivity (Wildman–Crippen MR) is 86.1 cm³/mol. The van der Waals surface area contributed by atoms with Gasteiger partial charge in [0.05, 0.1) is 0 Å². The minimum atomic E-state index is -2.09. The number of aliphatic hydroxyl groups excluding tert-OH is 1. The first kappa shape index (κ1) is 18.9. The molecule has 0 heterocycles. The predicted octanol–water partition coefficient (Wildman–Crippen LogP) is 4.49. The molecule has 0 amide bonds. The summed E-state index contributed by atoms with van der Waals surface area (Å²) in [5, 5.41) is 13.3. The molecule has 3 heteroatoms. The number of aldehydes is 1. The molecular weight excluding hydrogens is 297 g/mol. The molecule has 0 unspecified atom stereocenters. The number of rotatable bonds is 12. The standard InChI is InChI=1S/C16H32GeO2/c1-4-7-10-17(11-8-5-2,12-9-6-3)13-16(14-18)15-19/h13-14,19H,4-12,15H2,1-3H3/b16-13-. The molecule has 0 aliphatic carbocycles. The van der Waals surface area contributed by atoms with Gasteiger partial charge in [0.15, 0.2) is 0 Å². The molecule has 0 spiro atoms. The molecular formula is C16H32GeO2. The zero-order valence-corrected chi connectivity index (χ0v) is 15.2. The summed E-state index contributed by atoms with van der Waals surface area (Å²) in [5.74, 6) is 0. The molecule has 0 aromatic carbocycles. The van der Waals surface area contributed by atoms with Crippen molar-refractivity contribution in [3.63, 3.8) is 0 Å². The molecule has 0 radical (unpaired) electrons. The maximum absolute atomic E-state index is 11.0. The van der Waals surface area contributed by atoms with Gasteiger partial charge < -0.3 is 0 Å². The number of carbonyl (C=O) groups excluding carboxylic acids is 1. The summed E-state index contributed by atoms with van der Waals surface area (Å²) >= 11 is -2.09. The molecule has 0 aliphatic heterocycles. The summed E-state index contributed by atoms with van der Waals surface area (Å²) in [6.07, 6.45) is 8.40. The second-order valence-electron chi connectivity index (χ2n) is 5.67. The Kier molecular flexibility index (Phi) is 11.7. The molecule has 0 rings (SSSR count). The van der Waals surface area contributed by atoms with E-state index < -0.39 is 13.3 Å². The van der Waals surface area contributed by atoms with Gasteiger partial charge in [0, 0.05) is 0 Å². The SMILES string of the molecule is CCC[CH2][Ge](/[CH]=C(/C=O)CO)([CH2]CCC)[CH2]CCC. The maximum atomic E-state index is 11.0. The molecule has 112 valence electrons. The van der Waals surface area contributed by atoms with Crippen molar-refractivity contribution in [2.75, 3.05) is 6.61 Å². The van der Waals surface area contributed by atoms with Crippen LogP contribution in [0.1, 0.15) is 59.3 Å². The zero-order valence-electron chi connectivity index (χ0n) is 13.1. The molecule has 0 fully saturated rings. The van der Waals surface area contributed by atoms with E-state index in [9.17, 15) is 9.90 Å². The first-order chi connectivity index (χ1) is 9.17. The van der Waals surface area contributed by atoms with Crippen LogP contribution in [0.15, 0.2) is 10.5 Å². The van der Waals surface area contributed by atoms with Gasteiger partial charge in [-0.15, -0.1) is 0 Å². The van der Waals surface area contributed by atoms with E-state index in [0.29, 0.717) is 5.57 Å². The van der Waals surface area contributed by atoms with Crippen LogP contribution in [-0.4, -0.2) is 31.3 Å². The van der Waals surface area contributed by atoms with Crippen molar-refractivity contribution in [3.05, 3.63) is 10.5 Å². The van der Waals surface area contributed by atoms with Gasteiger partial charge in [-0.2, -0.15) is 0 Å². The Hall–Kier alpha value is -0.0871. The van der Waals surface area contributed by atoms with Gasteiger partial charge in [-0.1, -0.05) is 0 Å². The Morgan fingerprint density at radius 2 is 1.37 bits per heavy atom. The molecule has 0 aromatic rings. The van der Waals surface area contributed by atoms with Crippen molar-refractivity contribution in [1.29, 1.82) is 0 Å². The van der Waals surface area contributed by atoms with Crippen LogP contribution in [-0.2, 0) is 4.79 Å². The molecule has 0 aliphatic rings. The Morgan fingerprint density at radius 3 is 1.63 bits per heavy atom. The second-order valence-corrected chi connectivity index (χ2v) is 15.1. The summed E-state index contributed by atoms with van der Waals surface area (Å²) in [6, 6.07) is 0. The summed E-state index contributed by atoms with van der Waals surface area (Å²) in [7, 11) is 0. The Morgan fingerprint density at radius 1 is 0.947 bits per heavy atom. The quantitative estimate of drug-likeness (QED) is 0.325. The topological polar surface area (TPSA) is 37.3 Å². The fourth-order valence-electron chi connectivity index (χ4n) is 2.69. The van der Waals surface area contributed by atoms with E-state index in [1.165, 1.54) is 54.3 Å². The van der Waals surface area contributed by atoms with Crippen LogP contribution in [0, 0.1) is 0 Å². The van der Waals surface area contributed by atoms with Gasteiger partial charge in [0.1, 0.15) is 0 Å². The van der Waals surface area contributed by atoms with Gasteiger partial charge in [-0.25, -0.2) is 0 Å². The van der Waals surface area contributed by atoms with Gasteiger partial charge in [0.2, 0.25) is 0 Å². The molecule has 0 saturated carbocycles. The number of carbonyl (C=O) groups is 1. The average Bonchev–Trinajstić information content (AvgIpc) is 2.45. The molecule has 0 aromatic heterocycles. The average molecular weight is 329 g/mol. The van der Waals surface area contributed by atoms with E-state index >= 15 is 0 Å². The molecule has 2 nitrogen and oxygen atoms in total. The van der Waals surface area contributed by atoms with E-state index in [1.807, 2.05) is 0 Å². The minimum absolute atomic E-state index is 0.0825. The first-order valence-corrected chi connectivity index (χ1v) is 13.6. The van der Waals surface area contributed by atoms with Crippen LogP contribution in [0.25, 0.3) is 0 Å². The summed E-state index contributed by atoms with van der Waals surface area (Å²) < 4.78 is 0. The van der Waals surface area contributed by atoms with Crippen molar-refractivity contribution in [2.45, 2.75) is 75.1 Å². The van der Waals surface area contributed by atoms with Gasteiger partial charge in [-0.05, 0) is 0 Å². The Labute approximate surface area is 122 Å². The van der Waals surface area contributed by atoms with Crippen LogP contribution in [0.3, 0.4) is 0 Å². The second kappa shape index (κ2) is 11.7. The zero-order chi connectivity index (χ0) is 14.6. The van der Waals surface area contributed by atoms with E-state index in [1.54, 1.807) is 0 Å². The molecule has 19 heavy (non-hydrogen) atoms. The van der Waals surface area contributed by atoms with E-state index in [4.69, 9.17) is 0 Å². The molecule has 0 saturated heterocycles. The molecule has 1 N–H and O–H groups in total. The fourth-order valence-corrected chi connectivity index (χ4v) is 13.8.